The number of fused-ring (bicyclic) bond motifs is 1. The summed E-state index contributed by atoms with van der Waals surface area (Å²) in [6.07, 6.45) is 1.05. The van der Waals surface area contributed by atoms with Gasteiger partial charge in [-0.1, -0.05) is 6.92 Å². The van der Waals surface area contributed by atoms with Gasteiger partial charge < -0.3 is 25.0 Å². The van der Waals surface area contributed by atoms with E-state index in [1.807, 2.05) is 6.92 Å². The first-order valence-corrected chi connectivity index (χ1v) is 8.67. The average molecular weight is 379 g/mol. The van der Waals surface area contributed by atoms with Gasteiger partial charge in [0.25, 0.3) is 0 Å². The molecule has 1 aromatic heterocycles. The van der Waals surface area contributed by atoms with Gasteiger partial charge in [0.05, 0.1) is 17.1 Å². The van der Waals surface area contributed by atoms with Crippen LogP contribution in [0.2, 0.25) is 0 Å². The number of benzene rings is 1. The lowest BCUT2D eigenvalue weighted by molar-refractivity contribution is 0.143. The van der Waals surface area contributed by atoms with Crippen LogP contribution in [0.1, 0.15) is 25.8 Å². The highest BCUT2D eigenvalue weighted by Gasteiger charge is 2.41. The Morgan fingerprint density at radius 3 is 2.63 bits per heavy atom. The minimum absolute atomic E-state index is 0.0296. The number of carboxylic acid groups (broad SMARTS) is 1. The van der Waals surface area contributed by atoms with Crippen LogP contribution in [0.25, 0.3) is 10.9 Å². The fraction of sp³-hybridized carbons (Fsp3) is 0.444. The fourth-order valence-corrected chi connectivity index (χ4v) is 3.67. The van der Waals surface area contributed by atoms with Crippen molar-refractivity contribution in [2.45, 2.75) is 25.8 Å². The van der Waals surface area contributed by atoms with Crippen LogP contribution < -0.4 is 20.8 Å². The van der Waals surface area contributed by atoms with Crippen molar-refractivity contribution in [3.63, 3.8) is 0 Å². The molecule has 1 saturated heterocycles. The smallest absolute Gasteiger partial charge is 0.449 e. The zero-order valence-electron chi connectivity index (χ0n) is 14.7. The molecule has 1 aliphatic heterocycles. The van der Waals surface area contributed by atoms with Gasteiger partial charge in [-0.25, -0.2) is 13.6 Å². The molecule has 1 aliphatic carbocycles. The Morgan fingerprint density at radius 2 is 2.07 bits per heavy atom. The number of ether oxygens (including phenoxy) is 1. The summed E-state index contributed by atoms with van der Waals surface area (Å²) in [6.45, 7) is 3.17. The number of aromatic nitrogens is 1. The Kier molecular flexibility index (Phi) is 3.88. The largest absolute Gasteiger partial charge is 0.511 e. The van der Waals surface area contributed by atoms with E-state index in [1.54, 1.807) is 4.90 Å². The van der Waals surface area contributed by atoms with Crippen LogP contribution in [0.4, 0.5) is 19.3 Å². The molecule has 0 amide bonds. The van der Waals surface area contributed by atoms with Gasteiger partial charge in [0.2, 0.25) is 5.43 Å². The number of pyridine rings is 1. The third kappa shape index (κ3) is 2.82. The van der Waals surface area contributed by atoms with Gasteiger partial charge in [-0.15, -0.1) is 0 Å². The maximum absolute atomic E-state index is 15.4. The van der Waals surface area contributed by atoms with Crippen molar-refractivity contribution in [2.75, 3.05) is 24.5 Å². The Labute approximate surface area is 152 Å². The maximum Gasteiger partial charge on any atom is 0.511 e. The molecule has 3 N–H and O–H groups in total. The zero-order valence-corrected chi connectivity index (χ0v) is 14.7. The standard InChI is InChI=1S/C18H19F2N3O4/c1-18(6-21)7-22(8-18)15-11(19)4-10-14(13(15)20)23(9-2-3-9)5-12(16(10)24)27-17(25)26/h4-5,9H,2-3,6-8,21H2,1H3,(H,25,26). The first kappa shape index (κ1) is 17.7. The predicted molar refractivity (Wildman–Crippen MR) is 94.4 cm³/mol. The van der Waals surface area contributed by atoms with Crippen molar-refractivity contribution in [2.24, 2.45) is 11.1 Å². The molecule has 144 valence electrons. The molecule has 0 spiro atoms. The number of anilines is 1. The van der Waals surface area contributed by atoms with Crippen molar-refractivity contribution in [3.8, 4) is 5.75 Å². The van der Waals surface area contributed by atoms with E-state index in [-0.39, 0.29) is 28.0 Å². The summed E-state index contributed by atoms with van der Waals surface area (Å²) in [4.78, 5) is 24.9. The summed E-state index contributed by atoms with van der Waals surface area (Å²) in [7, 11) is 0. The van der Waals surface area contributed by atoms with Crippen LogP contribution in [0.15, 0.2) is 17.1 Å². The predicted octanol–water partition coefficient (Wildman–Crippen LogP) is 2.46. The molecule has 9 heteroatoms. The normalized spacial score (nSPS) is 18.4. The highest BCUT2D eigenvalue weighted by atomic mass is 19.1. The van der Waals surface area contributed by atoms with Crippen LogP contribution in [0, 0.1) is 17.0 Å². The molecule has 2 aliphatic rings. The molecule has 4 rings (SSSR count). The molecular formula is C18H19F2N3O4. The Morgan fingerprint density at radius 1 is 1.41 bits per heavy atom. The van der Waals surface area contributed by atoms with E-state index < -0.39 is 29.0 Å². The SMILES string of the molecule is CC1(CN)CN(c2c(F)cc3c(=O)c(OC(=O)O)cn(C4CC4)c3c2F)C1. The van der Waals surface area contributed by atoms with Crippen molar-refractivity contribution in [1.29, 1.82) is 0 Å². The van der Waals surface area contributed by atoms with Crippen molar-refractivity contribution in [3.05, 3.63) is 34.1 Å². The highest BCUT2D eigenvalue weighted by molar-refractivity contribution is 5.86. The van der Waals surface area contributed by atoms with Crippen molar-refractivity contribution < 1.29 is 23.4 Å². The number of nitrogens with two attached hydrogens (primary N) is 1. The molecule has 2 aromatic rings. The van der Waals surface area contributed by atoms with Gasteiger partial charge in [-0.3, -0.25) is 4.79 Å². The molecule has 2 fully saturated rings. The molecule has 7 nitrogen and oxygen atoms in total. The van der Waals surface area contributed by atoms with E-state index in [0.717, 1.165) is 18.9 Å². The Hall–Kier alpha value is -2.68. The summed E-state index contributed by atoms with van der Waals surface area (Å²) >= 11 is 0. The maximum atomic E-state index is 15.4. The van der Waals surface area contributed by atoms with E-state index >= 15 is 4.39 Å². The lowest BCUT2D eigenvalue weighted by atomic mass is 9.81. The third-order valence-electron chi connectivity index (χ3n) is 5.24. The summed E-state index contributed by atoms with van der Waals surface area (Å²) < 4.78 is 36.1. The third-order valence-corrected chi connectivity index (χ3v) is 5.24. The first-order chi connectivity index (χ1) is 12.7. The van der Waals surface area contributed by atoms with E-state index in [2.05, 4.69) is 4.74 Å². The summed E-state index contributed by atoms with van der Waals surface area (Å²) in [5.74, 6) is -2.16. The number of hydrogen-bond donors (Lipinski definition) is 2. The fourth-order valence-electron chi connectivity index (χ4n) is 3.67. The second kappa shape index (κ2) is 5.91. The van der Waals surface area contributed by atoms with Gasteiger partial charge in [0.1, 0.15) is 11.5 Å². The second-order valence-electron chi connectivity index (χ2n) is 7.62. The van der Waals surface area contributed by atoms with E-state index in [0.29, 0.717) is 19.6 Å². The molecule has 1 aromatic carbocycles. The Bertz CT molecular complexity index is 1010. The van der Waals surface area contributed by atoms with Crippen LogP contribution in [-0.2, 0) is 0 Å². The molecule has 0 bridgehead atoms. The van der Waals surface area contributed by atoms with Crippen molar-refractivity contribution in [1.82, 2.24) is 4.57 Å². The van der Waals surface area contributed by atoms with E-state index in [4.69, 9.17) is 10.8 Å². The van der Waals surface area contributed by atoms with E-state index in [1.165, 1.54) is 10.8 Å². The molecule has 2 heterocycles. The van der Waals surface area contributed by atoms with Crippen LogP contribution in [0.5, 0.6) is 5.75 Å². The lowest BCUT2D eigenvalue weighted by Gasteiger charge is -2.49. The minimum atomic E-state index is -1.66. The molecule has 27 heavy (non-hydrogen) atoms. The molecule has 0 atom stereocenters. The summed E-state index contributed by atoms with van der Waals surface area (Å²) in [6, 6.07) is 0.879. The van der Waals surface area contributed by atoms with Gasteiger partial charge in [-0.05, 0) is 18.9 Å². The monoisotopic (exact) mass is 379 g/mol. The lowest BCUT2D eigenvalue weighted by Crippen LogP contribution is -2.58. The number of nitrogens with zero attached hydrogens (tertiary/aromatic N) is 2. The highest BCUT2D eigenvalue weighted by Crippen LogP contribution is 2.42. The number of carbonyl (C=O) groups is 1. The molecule has 0 unspecified atom stereocenters. The number of hydrogen-bond acceptors (Lipinski definition) is 5. The average Bonchev–Trinajstić information content (AvgIpc) is 3.40. The first-order valence-electron chi connectivity index (χ1n) is 8.67. The van der Waals surface area contributed by atoms with Crippen LogP contribution in [0.3, 0.4) is 0 Å². The minimum Gasteiger partial charge on any atom is -0.449 e. The topological polar surface area (TPSA) is 97.8 Å². The van der Waals surface area contributed by atoms with Crippen LogP contribution >= 0.6 is 0 Å². The van der Waals surface area contributed by atoms with E-state index in [9.17, 15) is 14.0 Å². The quantitative estimate of drug-likeness (QED) is 0.792. The van der Waals surface area contributed by atoms with Gasteiger partial charge >= 0.3 is 6.16 Å². The van der Waals surface area contributed by atoms with Gasteiger partial charge in [0, 0.05) is 31.1 Å². The number of rotatable bonds is 4. The molecule has 0 radical (unpaired) electrons. The molecule has 1 saturated carbocycles. The Balaban J connectivity index is 1.91. The second-order valence-corrected chi connectivity index (χ2v) is 7.62. The number of halogens is 2. The van der Waals surface area contributed by atoms with Gasteiger partial charge in [-0.2, -0.15) is 0 Å². The van der Waals surface area contributed by atoms with Gasteiger partial charge in [0.15, 0.2) is 11.6 Å². The zero-order chi connectivity index (χ0) is 19.5. The van der Waals surface area contributed by atoms with Crippen LogP contribution in [-0.4, -0.2) is 35.5 Å². The molecular weight excluding hydrogens is 360 g/mol. The van der Waals surface area contributed by atoms with Crippen molar-refractivity contribution >= 4 is 22.7 Å². The summed E-state index contributed by atoms with van der Waals surface area (Å²) in [5, 5.41) is 8.58. The summed E-state index contributed by atoms with van der Waals surface area (Å²) in [5.41, 5.74) is 4.42.